The van der Waals surface area contributed by atoms with Crippen LogP contribution >= 0.6 is 0 Å². The van der Waals surface area contributed by atoms with Gasteiger partial charge in [-0.15, -0.1) is 0 Å². The first-order valence-electron chi connectivity index (χ1n) is 5.33. The molecule has 1 aromatic heterocycles. The van der Waals surface area contributed by atoms with Gasteiger partial charge in [0.05, 0.1) is 26.6 Å². The van der Waals surface area contributed by atoms with Crippen LogP contribution in [-0.4, -0.2) is 25.7 Å². The van der Waals surface area contributed by atoms with Crippen molar-refractivity contribution in [2.45, 2.75) is 25.7 Å². The lowest BCUT2D eigenvalue weighted by molar-refractivity contribution is 0.353. The van der Waals surface area contributed by atoms with E-state index in [4.69, 9.17) is 15.2 Å². The number of aromatic nitrogens is 1. The van der Waals surface area contributed by atoms with Gasteiger partial charge in [-0.05, 0) is 18.4 Å². The molecule has 2 N–H and O–H groups in total. The zero-order valence-electron chi connectivity index (χ0n) is 10.4. The van der Waals surface area contributed by atoms with Gasteiger partial charge in [0.2, 0.25) is 0 Å². The summed E-state index contributed by atoms with van der Waals surface area (Å²) >= 11 is 0. The first-order valence-corrected chi connectivity index (χ1v) is 5.33. The molecule has 0 radical (unpaired) electrons. The zero-order chi connectivity index (χ0) is 12.2. The molecule has 0 saturated heterocycles. The van der Waals surface area contributed by atoms with Gasteiger partial charge < -0.3 is 15.2 Å². The molecule has 0 spiro atoms. The van der Waals surface area contributed by atoms with Gasteiger partial charge >= 0.3 is 0 Å². The molecule has 0 aliphatic carbocycles. The van der Waals surface area contributed by atoms with Crippen LogP contribution in [0.2, 0.25) is 0 Å². The van der Waals surface area contributed by atoms with E-state index in [-0.39, 0.29) is 5.41 Å². The minimum absolute atomic E-state index is 0.0889. The van der Waals surface area contributed by atoms with Crippen molar-refractivity contribution in [3.8, 4) is 11.5 Å². The second-order valence-electron chi connectivity index (χ2n) is 4.34. The van der Waals surface area contributed by atoms with Gasteiger partial charge in [0, 0.05) is 5.56 Å². The molecule has 90 valence electrons. The third kappa shape index (κ3) is 2.44. The largest absolute Gasteiger partial charge is 0.495 e. The molecule has 0 aromatic carbocycles. The third-order valence-electron chi connectivity index (χ3n) is 2.76. The lowest BCUT2D eigenvalue weighted by Crippen LogP contribution is -2.23. The average Bonchev–Trinajstić information content (AvgIpc) is 2.27. The Bertz CT molecular complexity index is 329. The summed E-state index contributed by atoms with van der Waals surface area (Å²) in [6.07, 6.45) is 4.27. The average molecular weight is 224 g/mol. The molecule has 1 heterocycles. The number of nitrogens with two attached hydrogens (primary N) is 1. The number of hydrogen-bond acceptors (Lipinski definition) is 4. The summed E-state index contributed by atoms with van der Waals surface area (Å²) in [6, 6.07) is 0. The molecule has 0 bridgehead atoms. The predicted octanol–water partition coefficient (Wildman–Crippen LogP) is 1.73. The Hall–Kier alpha value is -1.29. The zero-order valence-corrected chi connectivity index (χ0v) is 10.4. The molecular formula is C12H20N2O2. The molecule has 16 heavy (non-hydrogen) atoms. The molecule has 1 aromatic rings. The van der Waals surface area contributed by atoms with Crippen LogP contribution in [0.15, 0.2) is 12.4 Å². The minimum Gasteiger partial charge on any atom is -0.495 e. The van der Waals surface area contributed by atoms with Crippen molar-refractivity contribution in [3.05, 3.63) is 18.0 Å². The van der Waals surface area contributed by atoms with E-state index in [2.05, 4.69) is 18.8 Å². The highest BCUT2D eigenvalue weighted by Crippen LogP contribution is 2.39. The minimum atomic E-state index is -0.0889. The predicted molar refractivity (Wildman–Crippen MR) is 64.0 cm³/mol. The van der Waals surface area contributed by atoms with Crippen molar-refractivity contribution in [2.24, 2.45) is 5.73 Å². The number of rotatable bonds is 5. The Morgan fingerprint density at radius 2 is 1.69 bits per heavy atom. The number of nitrogens with zero attached hydrogens (tertiary/aromatic N) is 1. The van der Waals surface area contributed by atoms with Crippen LogP contribution in [0.1, 0.15) is 25.8 Å². The molecule has 0 atom stereocenters. The van der Waals surface area contributed by atoms with Crippen molar-refractivity contribution >= 4 is 0 Å². The lowest BCUT2D eigenvalue weighted by Gasteiger charge is -2.27. The van der Waals surface area contributed by atoms with Gasteiger partial charge in [-0.1, -0.05) is 13.8 Å². The topological polar surface area (TPSA) is 57.4 Å². The van der Waals surface area contributed by atoms with Crippen LogP contribution in [0.25, 0.3) is 0 Å². The Labute approximate surface area is 96.8 Å². The summed E-state index contributed by atoms with van der Waals surface area (Å²) in [5.41, 5.74) is 6.57. The summed E-state index contributed by atoms with van der Waals surface area (Å²) in [4.78, 5) is 4.08. The number of hydrogen-bond donors (Lipinski definition) is 1. The first kappa shape index (κ1) is 12.8. The summed E-state index contributed by atoms with van der Waals surface area (Å²) in [5, 5.41) is 0. The Morgan fingerprint density at radius 3 is 2.06 bits per heavy atom. The maximum Gasteiger partial charge on any atom is 0.144 e. The second kappa shape index (κ2) is 5.16. The molecular weight excluding hydrogens is 204 g/mol. The smallest absolute Gasteiger partial charge is 0.144 e. The van der Waals surface area contributed by atoms with Gasteiger partial charge in [-0.25, -0.2) is 0 Å². The molecule has 4 nitrogen and oxygen atoms in total. The standard InChI is InChI=1S/C12H20N2O2/c1-12(2,5-6-13)11-9(15-3)7-14-8-10(11)16-4/h7-8H,5-6,13H2,1-4H3. The normalized spacial score (nSPS) is 11.3. The van der Waals surface area contributed by atoms with Crippen molar-refractivity contribution < 1.29 is 9.47 Å². The van der Waals surface area contributed by atoms with Crippen molar-refractivity contribution in [2.75, 3.05) is 20.8 Å². The highest BCUT2D eigenvalue weighted by molar-refractivity contribution is 5.46. The fraction of sp³-hybridized carbons (Fsp3) is 0.583. The molecule has 1 rings (SSSR count). The van der Waals surface area contributed by atoms with Crippen LogP contribution in [-0.2, 0) is 5.41 Å². The highest BCUT2D eigenvalue weighted by Gasteiger charge is 2.27. The van der Waals surface area contributed by atoms with E-state index in [0.717, 1.165) is 23.5 Å². The first-order chi connectivity index (χ1) is 7.56. The summed E-state index contributed by atoms with van der Waals surface area (Å²) in [5.74, 6) is 1.50. The SMILES string of the molecule is COc1cncc(OC)c1C(C)(C)CCN. The van der Waals surface area contributed by atoms with E-state index in [1.54, 1.807) is 26.6 Å². The number of methoxy groups -OCH3 is 2. The van der Waals surface area contributed by atoms with Crippen LogP contribution in [0.4, 0.5) is 0 Å². The number of pyridine rings is 1. The second-order valence-corrected chi connectivity index (χ2v) is 4.34. The van der Waals surface area contributed by atoms with Crippen molar-refractivity contribution in [1.82, 2.24) is 4.98 Å². The number of ether oxygens (including phenoxy) is 2. The maximum absolute atomic E-state index is 5.64. The third-order valence-corrected chi connectivity index (χ3v) is 2.76. The fourth-order valence-electron chi connectivity index (χ4n) is 1.89. The van der Waals surface area contributed by atoms with Gasteiger partial charge in [-0.2, -0.15) is 0 Å². The van der Waals surface area contributed by atoms with E-state index in [0.29, 0.717) is 6.54 Å². The van der Waals surface area contributed by atoms with E-state index < -0.39 is 0 Å². The summed E-state index contributed by atoms with van der Waals surface area (Å²) < 4.78 is 10.7. The van der Waals surface area contributed by atoms with E-state index in [1.165, 1.54) is 0 Å². The summed E-state index contributed by atoms with van der Waals surface area (Å²) in [6.45, 7) is 4.88. The van der Waals surface area contributed by atoms with Gasteiger partial charge in [0.1, 0.15) is 11.5 Å². The molecule has 0 aliphatic heterocycles. The Kier molecular flexibility index (Phi) is 4.12. The molecule has 0 amide bonds. The maximum atomic E-state index is 5.64. The lowest BCUT2D eigenvalue weighted by atomic mass is 9.81. The van der Waals surface area contributed by atoms with Gasteiger partial charge in [-0.3, -0.25) is 4.98 Å². The van der Waals surface area contributed by atoms with Crippen LogP contribution < -0.4 is 15.2 Å². The van der Waals surface area contributed by atoms with E-state index in [9.17, 15) is 0 Å². The van der Waals surface area contributed by atoms with Crippen molar-refractivity contribution in [3.63, 3.8) is 0 Å². The molecule has 0 fully saturated rings. The molecule has 4 heteroatoms. The van der Waals surface area contributed by atoms with E-state index in [1.807, 2.05) is 0 Å². The Morgan fingerprint density at radius 1 is 1.19 bits per heavy atom. The summed E-state index contributed by atoms with van der Waals surface area (Å²) in [7, 11) is 3.27. The van der Waals surface area contributed by atoms with Crippen LogP contribution in [0, 0.1) is 0 Å². The molecule has 0 unspecified atom stereocenters. The van der Waals surface area contributed by atoms with Gasteiger partial charge in [0.15, 0.2) is 0 Å². The molecule has 0 aliphatic rings. The monoisotopic (exact) mass is 224 g/mol. The highest BCUT2D eigenvalue weighted by atomic mass is 16.5. The van der Waals surface area contributed by atoms with Crippen molar-refractivity contribution in [1.29, 1.82) is 0 Å². The fourth-order valence-corrected chi connectivity index (χ4v) is 1.89. The quantitative estimate of drug-likeness (QED) is 0.827. The van der Waals surface area contributed by atoms with E-state index >= 15 is 0 Å². The molecule has 0 saturated carbocycles. The Balaban J connectivity index is 3.27. The van der Waals surface area contributed by atoms with Gasteiger partial charge in [0.25, 0.3) is 0 Å². The van der Waals surface area contributed by atoms with Crippen LogP contribution in [0.3, 0.4) is 0 Å². The van der Waals surface area contributed by atoms with Crippen LogP contribution in [0.5, 0.6) is 11.5 Å².